The first-order valence-electron chi connectivity index (χ1n) is 15.1. The standard InChI is InChI=1S/C34H24F3NO.C5H4N2O2/c1-19-16-29-27(26-9-4-3-8-25(19)26)14-15-28-31(23-6-5-7-24(17-23)34(35,36)37)33(39)20(2)30(32(28)29)22-12-10-21(18-38)11-13-22;8-5(9)4-1-6-3-7-2-4/h3-17,20,30-31H,1-2H3;1-3H,(H,8,9). The van der Waals surface area contributed by atoms with Crippen molar-refractivity contribution in [3.05, 3.63) is 154 Å². The number of carbonyl (C=O) groups excluding carboxylic acids is 1. The number of nitriles is 1. The lowest BCUT2D eigenvalue weighted by Crippen LogP contribution is -2.33. The second kappa shape index (κ2) is 12.7. The van der Waals surface area contributed by atoms with Crippen LogP contribution in [-0.2, 0) is 11.0 Å². The molecule has 6 aromatic rings. The molecule has 1 aromatic heterocycles. The summed E-state index contributed by atoms with van der Waals surface area (Å²) in [7, 11) is 0. The number of alkyl halides is 3. The molecule has 1 aliphatic carbocycles. The van der Waals surface area contributed by atoms with Crippen molar-refractivity contribution in [2.75, 3.05) is 0 Å². The van der Waals surface area contributed by atoms with E-state index in [2.05, 4.69) is 41.2 Å². The fraction of sp³-hybridized carbons (Fsp3) is 0.154. The summed E-state index contributed by atoms with van der Waals surface area (Å²) in [4.78, 5) is 31.2. The number of fused-ring (bicyclic) bond motifs is 5. The van der Waals surface area contributed by atoms with Gasteiger partial charge in [-0.05, 0) is 74.5 Å². The Morgan fingerprint density at radius 1 is 0.833 bits per heavy atom. The molecule has 9 heteroatoms. The van der Waals surface area contributed by atoms with Gasteiger partial charge in [0.15, 0.2) is 0 Å². The number of ketones is 1. The van der Waals surface area contributed by atoms with Crippen LogP contribution in [-0.4, -0.2) is 26.8 Å². The van der Waals surface area contributed by atoms with Gasteiger partial charge in [-0.25, -0.2) is 14.8 Å². The average Bonchev–Trinajstić information content (AvgIpc) is 3.09. The van der Waals surface area contributed by atoms with Crippen LogP contribution in [0.3, 0.4) is 0 Å². The van der Waals surface area contributed by atoms with Gasteiger partial charge in [0.2, 0.25) is 0 Å². The van der Waals surface area contributed by atoms with Crippen LogP contribution < -0.4 is 0 Å². The number of benzene rings is 5. The first-order valence-corrected chi connectivity index (χ1v) is 15.1. The number of aromatic carboxylic acids is 1. The Morgan fingerprint density at radius 3 is 2.12 bits per heavy atom. The van der Waals surface area contributed by atoms with E-state index in [-0.39, 0.29) is 17.3 Å². The summed E-state index contributed by atoms with van der Waals surface area (Å²) < 4.78 is 40.9. The minimum atomic E-state index is -4.51. The van der Waals surface area contributed by atoms with Crippen molar-refractivity contribution in [2.45, 2.75) is 31.9 Å². The number of carbonyl (C=O) groups is 2. The fourth-order valence-corrected chi connectivity index (χ4v) is 6.70. The highest BCUT2D eigenvalue weighted by Crippen LogP contribution is 2.50. The molecule has 0 radical (unpaired) electrons. The van der Waals surface area contributed by atoms with Gasteiger partial charge >= 0.3 is 12.1 Å². The van der Waals surface area contributed by atoms with Gasteiger partial charge in [-0.15, -0.1) is 0 Å². The third-order valence-electron chi connectivity index (χ3n) is 8.93. The number of carboxylic acids is 1. The van der Waals surface area contributed by atoms with Crippen LogP contribution in [0, 0.1) is 24.2 Å². The molecule has 6 nitrogen and oxygen atoms in total. The molecule has 238 valence electrons. The summed E-state index contributed by atoms with van der Waals surface area (Å²) in [5.74, 6) is -2.75. The summed E-state index contributed by atoms with van der Waals surface area (Å²) in [6, 6.07) is 28.8. The molecule has 0 spiro atoms. The fourth-order valence-electron chi connectivity index (χ4n) is 6.70. The van der Waals surface area contributed by atoms with Gasteiger partial charge in [-0.2, -0.15) is 18.4 Å². The molecule has 0 amide bonds. The van der Waals surface area contributed by atoms with E-state index in [1.54, 1.807) is 18.2 Å². The van der Waals surface area contributed by atoms with Crippen LogP contribution in [0.1, 0.15) is 68.1 Å². The quantitative estimate of drug-likeness (QED) is 0.193. The SMILES string of the molecule is Cc1cc2c3c(ccc2c2ccccc12)C(c1cccc(C(F)(F)F)c1)C(=O)C(C)C3c1ccc(C#N)cc1.O=C(O)c1cncnc1. The van der Waals surface area contributed by atoms with Gasteiger partial charge < -0.3 is 5.11 Å². The Labute approximate surface area is 274 Å². The summed E-state index contributed by atoms with van der Waals surface area (Å²) >= 11 is 0. The second-order valence-electron chi connectivity index (χ2n) is 11.8. The molecule has 0 saturated heterocycles. The maximum atomic E-state index is 14.0. The van der Waals surface area contributed by atoms with E-state index >= 15 is 0 Å². The molecule has 5 aromatic carbocycles. The van der Waals surface area contributed by atoms with E-state index in [0.717, 1.165) is 55.9 Å². The lowest BCUT2D eigenvalue weighted by molar-refractivity contribution is -0.137. The van der Waals surface area contributed by atoms with E-state index in [0.29, 0.717) is 11.1 Å². The molecule has 1 N–H and O–H groups in total. The molecule has 7 rings (SSSR count). The number of hydrogen-bond acceptors (Lipinski definition) is 5. The number of rotatable bonds is 3. The molecule has 0 aliphatic heterocycles. The highest BCUT2D eigenvalue weighted by molar-refractivity contribution is 6.11. The monoisotopic (exact) mass is 643 g/mol. The van der Waals surface area contributed by atoms with Crippen LogP contribution in [0.25, 0.3) is 21.5 Å². The number of Topliss-reactive ketones (excluding diaryl/α,β-unsaturated/α-hetero) is 1. The molecular formula is C39H28F3N3O3. The van der Waals surface area contributed by atoms with Gasteiger partial charge in [-0.1, -0.05) is 79.7 Å². The molecule has 0 saturated carbocycles. The predicted molar refractivity (Wildman–Crippen MR) is 176 cm³/mol. The predicted octanol–water partition coefficient (Wildman–Crippen LogP) is 8.85. The smallest absolute Gasteiger partial charge is 0.416 e. The molecule has 0 fully saturated rings. The van der Waals surface area contributed by atoms with E-state index in [1.165, 1.54) is 24.8 Å². The first-order chi connectivity index (χ1) is 23.0. The Kier molecular flexibility index (Phi) is 8.50. The van der Waals surface area contributed by atoms with Gasteiger partial charge in [-0.3, -0.25) is 4.79 Å². The van der Waals surface area contributed by atoms with Gasteiger partial charge in [0.25, 0.3) is 0 Å². The van der Waals surface area contributed by atoms with Crippen LogP contribution in [0.2, 0.25) is 0 Å². The van der Waals surface area contributed by atoms with Crippen molar-refractivity contribution in [1.82, 2.24) is 9.97 Å². The molecule has 0 bridgehead atoms. The Balaban J connectivity index is 0.000000388. The number of aromatic nitrogens is 2. The highest BCUT2D eigenvalue weighted by Gasteiger charge is 2.42. The Morgan fingerprint density at radius 2 is 1.50 bits per heavy atom. The van der Waals surface area contributed by atoms with Crippen molar-refractivity contribution in [2.24, 2.45) is 5.92 Å². The number of halogens is 3. The Bertz CT molecular complexity index is 2230. The largest absolute Gasteiger partial charge is 0.478 e. The molecule has 1 aliphatic rings. The van der Waals surface area contributed by atoms with Crippen LogP contribution >= 0.6 is 0 Å². The maximum Gasteiger partial charge on any atom is 0.416 e. The van der Waals surface area contributed by atoms with Crippen molar-refractivity contribution in [1.29, 1.82) is 5.26 Å². The number of aryl methyl sites for hydroxylation is 1. The molecule has 48 heavy (non-hydrogen) atoms. The van der Waals surface area contributed by atoms with Crippen molar-refractivity contribution < 1.29 is 27.9 Å². The molecular weight excluding hydrogens is 615 g/mol. The van der Waals surface area contributed by atoms with Gasteiger partial charge in [0.1, 0.15) is 12.1 Å². The third-order valence-corrected chi connectivity index (χ3v) is 8.93. The minimum Gasteiger partial charge on any atom is -0.478 e. The van der Waals surface area contributed by atoms with E-state index in [1.807, 2.05) is 43.3 Å². The van der Waals surface area contributed by atoms with Gasteiger partial charge in [0.05, 0.1) is 28.7 Å². The van der Waals surface area contributed by atoms with Crippen molar-refractivity contribution in [3.63, 3.8) is 0 Å². The van der Waals surface area contributed by atoms with E-state index in [9.17, 15) is 28.0 Å². The van der Waals surface area contributed by atoms with E-state index < -0.39 is 29.5 Å². The maximum absolute atomic E-state index is 14.0. The second-order valence-corrected chi connectivity index (χ2v) is 11.8. The Hall–Kier alpha value is -5.88. The average molecular weight is 644 g/mol. The first kappa shape index (κ1) is 32.1. The topological polar surface area (TPSA) is 104 Å². The minimum absolute atomic E-state index is 0.109. The summed E-state index contributed by atoms with van der Waals surface area (Å²) in [6.07, 6.45) is -0.732. The molecule has 1 heterocycles. The summed E-state index contributed by atoms with van der Waals surface area (Å²) in [5, 5.41) is 21.9. The molecule has 3 atom stereocenters. The number of nitrogens with zero attached hydrogens (tertiary/aromatic N) is 3. The normalized spacial score (nSPS) is 17.2. The lowest BCUT2D eigenvalue weighted by Gasteiger charge is -2.37. The van der Waals surface area contributed by atoms with Crippen LogP contribution in [0.5, 0.6) is 0 Å². The lowest BCUT2D eigenvalue weighted by atomic mass is 9.64. The van der Waals surface area contributed by atoms with Crippen LogP contribution in [0.15, 0.2) is 110 Å². The zero-order valence-electron chi connectivity index (χ0n) is 25.9. The zero-order chi connectivity index (χ0) is 34.2. The van der Waals surface area contributed by atoms with Gasteiger partial charge in [0, 0.05) is 24.2 Å². The van der Waals surface area contributed by atoms with Crippen LogP contribution in [0.4, 0.5) is 13.2 Å². The zero-order valence-corrected chi connectivity index (χ0v) is 25.9. The summed E-state index contributed by atoms with van der Waals surface area (Å²) in [5.41, 5.74) is 3.89. The highest BCUT2D eigenvalue weighted by atomic mass is 19.4. The number of hydrogen-bond donors (Lipinski definition) is 1. The number of carboxylic acid groups (broad SMARTS) is 1. The summed E-state index contributed by atoms with van der Waals surface area (Å²) in [6.45, 7) is 3.92. The third kappa shape index (κ3) is 5.89. The van der Waals surface area contributed by atoms with Crippen molar-refractivity contribution >= 4 is 33.3 Å². The molecule has 3 unspecified atom stereocenters. The van der Waals surface area contributed by atoms with Crippen molar-refractivity contribution in [3.8, 4) is 6.07 Å². The van der Waals surface area contributed by atoms with E-state index in [4.69, 9.17) is 5.11 Å².